The summed E-state index contributed by atoms with van der Waals surface area (Å²) in [7, 11) is 0. The van der Waals surface area contributed by atoms with Crippen molar-refractivity contribution >= 4 is 11.6 Å². The Morgan fingerprint density at radius 2 is 2.05 bits per heavy atom. The van der Waals surface area contributed by atoms with E-state index >= 15 is 0 Å². The van der Waals surface area contributed by atoms with Gasteiger partial charge in [-0.2, -0.15) is 0 Å². The van der Waals surface area contributed by atoms with Gasteiger partial charge in [0.05, 0.1) is 6.10 Å². The lowest BCUT2D eigenvalue weighted by Gasteiger charge is -2.33. The fraction of sp³-hybridized carbons (Fsp3) is 0.625. The molecule has 0 bridgehead atoms. The van der Waals surface area contributed by atoms with Crippen LogP contribution >= 0.6 is 0 Å². The number of piperidine rings is 1. The monoisotopic (exact) mass is 289 g/mol. The smallest absolute Gasteiger partial charge is 0.223 e. The third-order valence-corrected chi connectivity index (χ3v) is 4.42. The first-order valence-electron chi connectivity index (χ1n) is 7.87. The number of pyridine rings is 1. The van der Waals surface area contributed by atoms with E-state index in [1.807, 2.05) is 24.5 Å². The number of anilines is 1. The average molecular weight is 289 g/mol. The SMILES string of the molecule is O=C(NCC1CCCO1)C1CCN(c2ccncc2)CC1. The first-order valence-corrected chi connectivity index (χ1v) is 7.87. The third kappa shape index (κ3) is 3.73. The highest BCUT2D eigenvalue weighted by molar-refractivity contribution is 5.79. The molecule has 1 unspecified atom stereocenters. The maximum Gasteiger partial charge on any atom is 0.223 e. The predicted molar refractivity (Wildman–Crippen MR) is 81.2 cm³/mol. The summed E-state index contributed by atoms with van der Waals surface area (Å²) in [6.45, 7) is 3.37. The molecule has 2 aliphatic heterocycles. The van der Waals surface area contributed by atoms with Crippen molar-refractivity contribution in [3.63, 3.8) is 0 Å². The van der Waals surface area contributed by atoms with E-state index in [4.69, 9.17) is 4.74 Å². The standard InChI is InChI=1S/C16H23N3O2/c20-16(18-12-15-2-1-11-21-15)13-5-9-19(10-6-13)14-3-7-17-8-4-14/h3-4,7-8,13,15H,1-2,5-6,9-12H2,(H,18,20). The van der Waals surface area contributed by atoms with E-state index in [-0.39, 0.29) is 17.9 Å². The van der Waals surface area contributed by atoms with Gasteiger partial charge in [-0.3, -0.25) is 9.78 Å². The Balaban J connectivity index is 1.43. The molecule has 114 valence electrons. The molecule has 0 saturated carbocycles. The van der Waals surface area contributed by atoms with Crippen LogP contribution in [0.1, 0.15) is 25.7 Å². The fourth-order valence-electron chi connectivity index (χ4n) is 3.12. The van der Waals surface area contributed by atoms with E-state index in [0.717, 1.165) is 45.4 Å². The van der Waals surface area contributed by atoms with Crippen LogP contribution in [0.3, 0.4) is 0 Å². The second kappa shape index (κ2) is 6.89. The van der Waals surface area contributed by atoms with Crippen LogP contribution in [0.4, 0.5) is 5.69 Å². The van der Waals surface area contributed by atoms with E-state index in [9.17, 15) is 4.79 Å². The van der Waals surface area contributed by atoms with Gasteiger partial charge in [0, 0.05) is 50.2 Å². The topological polar surface area (TPSA) is 54.5 Å². The van der Waals surface area contributed by atoms with Crippen molar-refractivity contribution < 1.29 is 9.53 Å². The third-order valence-electron chi connectivity index (χ3n) is 4.42. The quantitative estimate of drug-likeness (QED) is 0.914. The lowest BCUT2D eigenvalue weighted by Crippen LogP contribution is -2.42. The minimum atomic E-state index is 0.143. The first-order chi connectivity index (χ1) is 10.3. The summed E-state index contributed by atoms with van der Waals surface area (Å²) in [5.41, 5.74) is 1.20. The van der Waals surface area contributed by atoms with E-state index in [1.165, 1.54) is 5.69 Å². The van der Waals surface area contributed by atoms with Crippen molar-refractivity contribution in [2.45, 2.75) is 31.8 Å². The Hall–Kier alpha value is -1.62. The first kappa shape index (κ1) is 14.3. The number of ether oxygens (including phenoxy) is 1. The van der Waals surface area contributed by atoms with Gasteiger partial charge in [0.2, 0.25) is 5.91 Å². The summed E-state index contributed by atoms with van der Waals surface area (Å²) < 4.78 is 5.54. The molecule has 2 aliphatic rings. The molecular weight excluding hydrogens is 266 g/mol. The summed E-state index contributed by atoms with van der Waals surface area (Å²) in [5.74, 6) is 0.337. The number of carbonyl (C=O) groups is 1. The average Bonchev–Trinajstić information content (AvgIpc) is 3.07. The molecule has 3 rings (SSSR count). The molecule has 1 aromatic rings. The van der Waals surface area contributed by atoms with Gasteiger partial charge in [-0.25, -0.2) is 0 Å². The summed E-state index contributed by atoms with van der Waals surface area (Å²) in [6, 6.07) is 4.05. The van der Waals surface area contributed by atoms with Gasteiger partial charge < -0.3 is 15.0 Å². The van der Waals surface area contributed by atoms with Gasteiger partial charge in [0.25, 0.3) is 0 Å². The minimum absolute atomic E-state index is 0.143. The molecule has 21 heavy (non-hydrogen) atoms. The van der Waals surface area contributed by atoms with Gasteiger partial charge in [-0.15, -0.1) is 0 Å². The predicted octanol–water partition coefficient (Wildman–Crippen LogP) is 1.59. The molecule has 2 saturated heterocycles. The Bertz CT molecular complexity index is 452. The van der Waals surface area contributed by atoms with E-state index in [1.54, 1.807) is 0 Å². The molecule has 1 amide bonds. The lowest BCUT2D eigenvalue weighted by atomic mass is 9.95. The van der Waals surface area contributed by atoms with Crippen molar-refractivity contribution in [1.29, 1.82) is 0 Å². The number of rotatable bonds is 4. The van der Waals surface area contributed by atoms with E-state index in [0.29, 0.717) is 6.54 Å². The second-order valence-corrected chi connectivity index (χ2v) is 5.85. The van der Waals surface area contributed by atoms with E-state index in [2.05, 4.69) is 15.2 Å². The molecule has 1 atom stereocenters. The van der Waals surface area contributed by atoms with Crippen LogP contribution in [0.2, 0.25) is 0 Å². The molecule has 2 fully saturated rings. The lowest BCUT2D eigenvalue weighted by molar-refractivity contribution is -0.126. The van der Waals surface area contributed by atoms with Crippen LogP contribution in [0.25, 0.3) is 0 Å². The molecule has 0 spiro atoms. The van der Waals surface area contributed by atoms with Crippen molar-refractivity contribution in [3.8, 4) is 0 Å². The zero-order chi connectivity index (χ0) is 14.5. The van der Waals surface area contributed by atoms with Crippen LogP contribution < -0.4 is 10.2 Å². The van der Waals surface area contributed by atoms with Gasteiger partial charge >= 0.3 is 0 Å². The molecular formula is C16H23N3O2. The molecule has 5 nitrogen and oxygen atoms in total. The maximum atomic E-state index is 12.2. The molecule has 0 aliphatic carbocycles. The number of carbonyl (C=O) groups excluding carboxylic acids is 1. The largest absolute Gasteiger partial charge is 0.376 e. The molecule has 0 aromatic carbocycles. The molecule has 5 heteroatoms. The Morgan fingerprint density at radius 3 is 2.71 bits per heavy atom. The number of amides is 1. The Kier molecular flexibility index (Phi) is 4.70. The summed E-state index contributed by atoms with van der Waals surface area (Å²) in [4.78, 5) is 18.6. The van der Waals surface area contributed by atoms with Crippen molar-refractivity contribution in [2.24, 2.45) is 5.92 Å². The highest BCUT2D eigenvalue weighted by Gasteiger charge is 2.26. The van der Waals surface area contributed by atoms with Gasteiger partial charge in [-0.1, -0.05) is 0 Å². The molecule has 0 radical (unpaired) electrons. The van der Waals surface area contributed by atoms with Crippen molar-refractivity contribution in [3.05, 3.63) is 24.5 Å². The zero-order valence-corrected chi connectivity index (χ0v) is 12.3. The minimum Gasteiger partial charge on any atom is -0.376 e. The normalized spacial score (nSPS) is 23.2. The zero-order valence-electron chi connectivity index (χ0n) is 12.3. The van der Waals surface area contributed by atoms with Gasteiger partial charge in [0.1, 0.15) is 0 Å². The number of hydrogen-bond acceptors (Lipinski definition) is 4. The second-order valence-electron chi connectivity index (χ2n) is 5.85. The van der Waals surface area contributed by atoms with Crippen LogP contribution in [-0.2, 0) is 9.53 Å². The highest BCUT2D eigenvalue weighted by atomic mass is 16.5. The van der Waals surface area contributed by atoms with Crippen LogP contribution in [0, 0.1) is 5.92 Å². The fourth-order valence-corrected chi connectivity index (χ4v) is 3.12. The van der Waals surface area contributed by atoms with Crippen molar-refractivity contribution in [1.82, 2.24) is 10.3 Å². The van der Waals surface area contributed by atoms with Gasteiger partial charge in [0.15, 0.2) is 0 Å². The number of nitrogens with one attached hydrogen (secondary N) is 1. The van der Waals surface area contributed by atoms with Crippen LogP contribution in [-0.4, -0.2) is 43.2 Å². The summed E-state index contributed by atoms with van der Waals surface area (Å²) in [5, 5.41) is 3.06. The number of nitrogens with zero attached hydrogens (tertiary/aromatic N) is 2. The Labute approximate surface area is 125 Å². The maximum absolute atomic E-state index is 12.2. The molecule has 1 N–H and O–H groups in total. The van der Waals surface area contributed by atoms with E-state index < -0.39 is 0 Å². The van der Waals surface area contributed by atoms with Crippen LogP contribution in [0.15, 0.2) is 24.5 Å². The number of hydrogen-bond donors (Lipinski definition) is 1. The Morgan fingerprint density at radius 1 is 1.29 bits per heavy atom. The highest BCUT2D eigenvalue weighted by Crippen LogP contribution is 2.22. The summed E-state index contributed by atoms with van der Waals surface area (Å²) >= 11 is 0. The summed E-state index contributed by atoms with van der Waals surface area (Å²) in [6.07, 6.45) is 7.88. The molecule has 1 aromatic heterocycles. The number of aromatic nitrogens is 1. The van der Waals surface area contributed by atoms with Crippen molar-refractivity contribution in [2.75, 3.05) is 31.1 Å². The molecule has 3 heterocycles. The van der Waals surface area contributed by atoms with Crippen LogP contribution in [0.5, 0.6) is 0 Å². The van der Waals surface area contributed by atoms with Gasteiger partial charge in [-0.05, 0) is 37.8 Å².